The number of carbonyl (C=O) groups excluding carboxylic acids is 1. The molecule has 148 valence electrons. The molecule has 1 amide bonds. The highest BCUT2D eigenvalue weighted by molar-refractivity contribution is 7.09. The van der Waals surface area contributed by atoms with Crippen molar-refractivity contribution in [1.82, 2.24) is 15.2 Å². The Morgan fingerprint density at radius 2 is 2.18 bits per heavy atom. The van der Waals surface area contributed by atoms with Gasteiger partial charge in [0.15, 0.2) is 0 Å². The molecule has 4 nitrogen and oxygen atoms in total. The van der Waals surface area contributed by atoms with E-state index in [0.717, 1.165) is 49.2 Å². The molecular formula is C23H29N3OS. The molecule has 5 heteroatoms. The average molecular weight is 396 g/mol. The van der Waals surface area contributed by atoms with Crippen LogP contribution in [0.5, 0.6) is 0 Å². The molecule has 0 spiro atoms. The number of aromatic amines is 1. The number of nitrogens with one attached hydrogen (secondary N) is 2. The van der Waals surface area contributed by atoms with Gasteiger partial charge < -0.3 is 10.3 Å². The highest BCUT2D eigenvalue weighted by Gasteiger charge is 2.22. The summed E-state index contributed by atoms with van der Waals surface area (Å²) in [5, 5.41) is 6.62. The van der Waals surface area contributed by atoms with Crippen LogP contribution in [0.15, 0.2) is 29.6 Å². The Morgan fingerprint density at radius 1 is 1.32 bits per heavy atom. The minimum Gasteiger partial charge on any atom is -0.358 e. The Labute approximate surface area is 170 Å². The molecule has 1 unspecified atom stereocenters. The summed E-state index contributed by atoms with van der Waals surface area (Å²) in [5.41, 5.74) is 5.86. The van der Waals surface area contributed by atoms with Gasteiger partial charge in [-0.15, -0.1) is 11.3 Å². The van der Waals surface area contributed by atoms with Gasteiger partial charge in [0, 0.05) is 40.6 Å². The van der Waals surface area contributed by atoms with Gasteiger partial charge >= 0.3 is 0 Å². The zero-order valence-corrected chi connectivity index (χ0v) is 17.8. The number of hydrogen-bond donors (Lipinski definition) is 2. The molecule has 1 atom stereocenters. The summed E-state index contributed by atoms with van der Waals surface area (Å²) in [4.78, 5) is 20.2. The van der Waals surface area contributed by atoms with Gasteiger partial charge in [-0.1, -0.05) is 17.7 Å². The van der Waals surface area contributed by atoms with Crippen molar-refractivity contribution in [2.75, 3.05) is 13.1 Å². The molecule has 0 radical (unpaired) electrons. The molecule has 28 heavy (non-hydrogen) atoms. The lowest BCUT2D eigenvalue weighted by atomic mass is 10.0. The Bertz CT molecular complexity index is 974. The van der Waals surface area contributed by atoms with E-state index in [-0.39, 0.29) is 11.9 Å². The number of hydrogen-bond acceptors (Lipinski definition) is 3. The largest absolute Gasteiger partial charge is 0.358 e. The summed E-state index contributed by atoms with van der Waals surface area (Å²) in [6.45, 7) is 9.35. The first-order valence-corrected chi connectivity index (χ1v) is 11.0. The van der Waals surface area contributed by atoms with Gasteiger partial charge in [-0.3, -0.25) is 9.69 Å². The second-order valence-electron chi connectivity index (χ2n) is 8.13. The minimum atomic E-state index is 0.131. The summed E-state index contributed by atoms with van der Waals surface area (Å²) < 4.78 is 0. The maximum absolute atomic E-state index is 12.8. The smallest absolute Gasteiger partial charge is 0.224 e. The molecule has 1 aromatic carbocycles. The van der Waals surface area contributed by atoms with Gasteiger partial charge in [-0.2, -0.15) is 0 Å². The number of fused-ring (bicyclic) bond motifs is 1. The lowest BCUT2D eigenvalue weighted by Gasteiger charge is -2.32. The fourth-order valence-electron chi connectivity index (χ4n) is 4.44. The van der Waals surface area contributed by atoms with Gasteiger partial charge in [0.05, 0.1) is 6.42 Å². The molecule has 0 bridgehead atoms. The number of piperidine rings is 1. The second-order valence-corrected chi connectivity index (χ2v) is 9.16. The molecule has 3 aromatic rings. The third-order valence-corrected chi connectivity index (χ3v) is 6.60. The Hall–Kier alpha value is -2.11. The molecule has 2 aromatic heterocycles. The van der Waals surface area contributed by atoms with Crippen molar-refractivity contribution in [2.45, 2.75) is 52.6 Å². The van der Waals surface area contributed by atoms with Crippen LogP contribution in [0.25, 0.3) is 10.9 Å². The summed E-state index contributed by atoms with van der Waals surface area (Å²) in [7, 11) is 0. The van der Waals surface area contributed by atoms with Gasteiger partial charge in [0.2, 0.25) is 5.91 Å². The molecular weight excluding hydrogens is 366 g/mol. The number of nitrogens with zero attached hydrogens (tertiary/aromatic N) is 1. The topological polar surface area (TPSA) is 48.1 Å². The van der Waals surface area contributed by atoms with E-state index in [1.807, 2.05) is 0 Å². The molecule has 1 aliphatic rings. The van der Waals surface area contributed by atoms with Crippen LogP contribution in [0.1, 0.15) is 40.1 Å². The van der Waals surface area contributed by atoms with E-state index in [2.05, 4.69) is 65.6 Å². The van der Waals surface area contributed by atoms with E-state index in [1.54, 1.807) is 11.3 Å². The van der Waals surface area contributed by atoms with E-state index < -0.39 is 0 Å². The van der Waals surface area contributed by atoms with Crippen molar-refractivity contribution < 1.29 is 4.79 Å². The monoisotopic (exact) mass is 395 g/mol. The summed E-state index contributed by atoms with van der Waals surface area (Å²) >= 11 is 1.81. The summed E-state index contributed by atoms with van der Waals surface area (Å²) in [5.74, 6) is 0.131. The molecule has 1 fully saturated rings. The molecule has 2 N–H and O–H groups in total. The molecule has 0 aliphatic carbocycles. The van der Waals surface area contributed by atoms with Crippen molar-refractivity contribution in [2.24, 2.45) is 0 Å². The third kappa shape index (κ3) is 4.15. The normalized spacial score (nSPS) is 17.9. The van der Waals surface area contributed by atoms with Crippen molar-refractivity contribution in [3.63, 3.8) is 0 Å². The van der Waals surface area contributed by atoms with Crippen molar-refractivity contribution in [3.8, 4) is 0 Å². The number of carbonyl (C=O) groups is 1. The first kappa shape index (κ1) is 19.2. The average Bonchev–Trinajstić information content (AvgIpc) is 3.25. The zero-order chi connectivity index (χ0) is 19.7. The van der Waals surface area contributed by atoms with Crippen LogP contribution in [0.3, 0.4) is 0 Å². The molecule has 1 saturated heterocycles. The van der Waals surface area contributed by atoms with Crippen LogP contribution < -0.4 is 5.32 Å². The zero-order valence-electron chi connectivity index (χ0n) is 17.0. The number of H-pyrrole nitrogens is 1. The number of benzene rings is 1. The van der Waals surface area contributed by atoms with Gasteiger partial charge in [-0.25, -0.2) is 0 Å². The quantitative estimate of drug-likeness (QED) is 0.669. The van der Waals surface area contributed by atoms with Gasteiger partial charge in [-0.05, 0) is 68.8 Å². The predicted molar refractivity (Wildman–Crippen MR) is 117 cm³/mol. The van der Waals surface area contributed by atoms with Gasteiger partial charge in [0.25, 0.3) is 0 Å². The summed E-state index contributed by atoms with van der Waals surface area (Å²) in [6, 6.07) is 8.92. The van der Waals surface area contributed by atoms with E-state index >= 15 is 0 Å². The van der Waals surface area contributed by atoms with Crippen molar-refractivity contribution in [1.29, 1.82) is 0 Å². The first-order chi connectivity index (χ1) is 13.5. The Morgan fingerprint density at radius 3 is 2.96 bits per heavy atom. The number of likely N-dealkylation sites (tertiary alicyclic amines) is 1. The molecule has 1 aliphatic heterocycles. The van der Waals surface area contributed by atoms with E-state index in [1.165, 1.54) is 21.4 Å². The number of aromatic nitrogens is 1. The molecule has 4 rings (SSSR count). The lowest BCUT2D eigenvalue weighted by Crippen LogP contribution is -2.47. The number of amides is 1. The minimum absolute atomic E-state index is 0.131. The SMILES string of the molecule is Cc1cc(C)c2[nH]c(C)c(CC(=O)NC3CCCN(Cc4cccs4)C3)c2c1. The van der Waals surface area contributed by atoms with Crippen LogP contribution >= 0.6 is 11.3 Å². The Kier molecular flexibility index (Phi) is 5.56. The fraction of sp³-hybridized carbons (Fsp3) is 0.435. The van der Waals surface area contributed by atoms with Crippen molar-refractivity contribution >= 4 is 28.1 Å². The second kappa shape index (κ2) is 8.10. The maximum atomic E-state index is 12.8. The third-order valence-electron chi connectivity index (χ3n) is 5.74. The maximum Gasteiger partial charge on any atom is 0.224 e. The van der Waals surface area contributed by atoms with Gasteiger partial charge in [0.1, 0.15) is 0 Å². The number of rotatable bonds is 5. The number of aryl methyl sites for hydroxylation is 3. The highest BCUT2D eigenvalue weighted by Crippen LogP contribution is 2.27. The van der Waals surface area contributed by atoms with Crippen LogP contribution in [-0.4, -0.2) is 34.9 Å². The van der Waals surface area contributed by atoms with Crippen LogP contribution in [0.2, 0.25) is 0 Å². The van der Waals surface area contributed by atoms with E-state index in [0.29, 0.717) is 6.42 Å². The van der Waals surface area contributed by atoms with Crippen molar-refractivity contribution in [3.05, 3.63) is 56.9 Å². The summed E-state index contributed by atoms with van der Waals surface area (Å²) in [6.07, 6.45) is 2.65. The standard InChI is InChI=1S/C23H29N3OS/c1-15-10-16(2)23-21(11-15)20(17(3)24-23)12-22(27)25-18-6-4-8-26(13-18)14-19-7-5-9-28-19/h5,7,9-11,18,24H,4,6,8,12-14H2,1-3H3,(H,25,27). The molecule has 0 saturated carbocycles. The van der Waals surface area contributed by atoms with Crippen LogP contribution in [0.4, 0.5) is 0 Å². The fourth-order valence-corrected chi connectivity index (χ4v) is 5.19. The lowest BCUT2D eigenvalue weighted by molar-refractivity contribution is -0.121. The predicted octanol–water partition coefficient (Wildman–Crippen LogP) is 4.48. The highest BCUT2D eigenvalue weighted by atomic mass is 32.1. The van der Waals surface area contributed by atoms with E-state index in [4.69, 9.17) is 0 Å². The van der Waals surface area contributed by atoms with Crippen LogP contribution in [0, 0.1) is 20.8 Å². The first-order valence-electron chi connectivity index (χ1n) is 10.1. The molecule has 3 heterocycles. The van der Waals surface area contributed by atoms with Crippen LogP contribution in [-0.2, 0) is 17.8 Å². The Balaban J connectivity index is 1.42. The van der Waals surface area contributed by atoms with E-state index in [9.17, 15) is 4.79 Å². The number of thiophene rings is 1.